The van der Waals surface area contributed by atoms with Gasteiger partial charge >= 0.3 is 0 Å². The SMILES string of the molecule is CC1CC(=O)N(CC2(O)CCC2)C(=O)C1. The number of amides is 2. The van der Waals surface area contributed by atoms with E-state index in [4.69, 9.17) is 0 Å². The second-order valence-corrected chi connectivity index (χ2v) is 4.96. The van der Waals surface area contributed by atoms with Gasteiger partial charge in [0.05, 0.1) is 12.1 Å². The summed E-state index contributed by atoms with van der Waals surface area (Å²) in [6.07, 6.45) is 3.27. The van der Waals surface area contributed by atoms with E-state index in [2.05, 4.69) is 0 Å². The van der Waals surface area contributed by atoms with E-state index >= 15 is 0 Å². The largest absolute Gasteiger partial charge is 0.388 e. The van der Waals surface area contributed by atoms with Crippen molar-refractivity contribution in [2.75, 3.05) is 6.54 Å². The third-order valence-corrected chi connectivity index (χ3v) is 3.38. The maximum atomic E-state index is 11.6. The Labute approximate surface area is 89.3 Å². The predicted molar refractivity (Wildman–Crippen MR) is 53.9 cm³/mol. The van der Waals surface area contributed by atoms with Gasteiger partial charge in [0.15, 0.2) is 0 Å². The van der Waals surface area contributed by atoms with Crippen LogP contribution in [0.2, 0.25) is 0 Å². The Morgan fingerprint density at radius 1 is 1.33 bits per heavy atom. The second kappa shape index (κ2) is 3.59. The number of imide groups is 1. The number of carbonyl (C=O) groups excluding carboxylic acids is 2. The van der Waals surface area contributed by atoms with Crippen molar-refractivity contribution >= 4 is 11.8 Å². The third-order valence-electron chi connectivity index (χ3n) is 3.38. The van der Waals surface area contributed by atoms with Gasteiger partial charge in [-0.1, -0.05) is 6.92 Å². The molecular formula is C11H17NO3. The quantitative estimate of drug-likeness (QED) is 0.683. The number of carbonyl (C=O) groups is 2. The summed E-state index contributed by atoms with van der Waals surface area (Å²) in [4.78, 5) is 24.5. The molecule has 2 rings (SSSR count). The summed E-state index contributed by atoms with van der Waals surface area (Å²) in [7, 11) is 0. The Bertz CT molecular complexity index is 278. The molecule has 0 aromatic rings. The van der Waals surface area contributed by atoms with Crippen LogP contribution < -0.4 is 0 Å². The standard InChI is InChI=1S/C11H17NO3/c1-8-5-9(13)12(10(14)6-8)7-11(15)3-2-4-11/h8,15H,2-7H2,1H3. The topological polar surface area (TPSA) is 57.6 Å². The average molecular weight is 211 g/mol. The summed E-state index contributed by atoms with van der Waals surface area (Å²) in [6.45, 7) is 2.11. The lowest BCUT2D eigenvalue weighted by Gasteiger charge is -2.41. The molecule has 2 amide bonds. The van der Waals surface area contributed by atoms with E-state index in [1.807, 2.05) is 6.92 Å². The molecule has 0 aromatic heterocycles. The minimum atomic E-state index is -0.786. The van der Waals surface area contributed by atoms with E-state index in [1.165, 1.54) is 4.90 Å². The number of aliphatic hydroxyl groups is 1. The van der Waals surface area contributed by atoms with Gasteiger partial charge in [-0.3, -0.25) is 14.5 Å². The summed E-state index contributed by atoms with van der Waals surface area (Å²) in [5.74, 6) is -0.101. The molecule has 0 radical (unpaired) electrons. The average Bonchev–Trinajstić information content (AvgIpc) is 2.08. The van der Waals surface area contributed by atoms with Crippen LogP contribution in [0.5, 0.6) is 0 Å². The fourth-order valence-electron chi connectivity index (χ4n) is 2.24. The van der Waals surface area contributed by atoms with Gasteiger partial charge in [0.2, 0.25) is 11.8 Å². The first-order valence-electron chi connectivity index (χ1n) is 5.56. The van der Waals surface area contributed by atoms with E-state index in [9.17, 15) is 14.7 Å². The van der Waals surface area contributed by atoms with Crippen molar-refractivity contribution < 1.29 is 14.7 Å². The molecule has 1 N–H and O–H groups in total. The zero-order valence-electron chi connectivity index (χ0n) is 9.03. The smallest absolute Gasteiger partial charge is 0.229 e. The van der Waals surface area contributed by atoms with E-state index in [0.29, 0.717) is 25.7 Å². The van der Waals surface area contributed by atoms with Gasteiger partial charge in [0.1, 0.15) is 0 Å². The molecule has 0 spiro atoms. The number of piperidine rings is 1. The van der Waals surface area contributed by atoms with Crippen LogP contribution in [-0.4, -0.2) is 34.0 Å². The number of hydrogen-bond donors (Lipinski definition) is 1. The highest BCUT2D eigenvalue weighted by Gasteiger charge is 2.41. The first-order valence-corrected chi connectivity index (χ1v) is 5.56. The van der Waals surface area contributed by atoms with Crippen molar-refractivity contribution in [2.45, 2.75) is 44.6 Å². The van der Waals surface area contributed by atoms with Crippen molar-refractivity contribution in [3.63, 3.8) is 0 Å². The van der Waals surface area contributed by atoms with Crippen LogP contribution in [0, 0.1) is 5.92 Å². The molecule has 4 heteroatoms. The van der Waals surface area contributed by atoms with Gasteiger partial charge in [-0.25, -0.2) is 0 Å². The number of nitrogens with zero attached hydrogens (tertiary/aromatic N) is 1. The number of rotatable bonds is 2. The summed E-state index contributed by atoms with van der Waals surface area (Å²) in [5.41, 5.74) is -0.786. The minimum Gasteiger partial charge on any atom is -0.388 e. The van der Waals surface area contributed by atoms with Gasteiger partial charge in [0.25, 0.3) is 0 Å². The van der Waals surface area contributed by atoms with Crippen LogP contribution in [0.3, 0.4) is 0 Å². The lowest BCUT2D eigenvalue weighted by molar-refractivity contribution is -0.157. The van der Waals surface area contributed by atoms with Gasteiger partial charge in [-0.15, -0.1) is 0 Å². The molecule has 1 saturated heterocycles. The molecule has 1 saturated carbocycles. The molecule has 0 aromatic carbocycles. The van der Waals surface area contributed by atoms with Crippen LogP contribution in [0.25, 0.3) is 0 Å². The molecular weight excluding hydrogens is 194 g/mol. The molecule has 84 valence electrons. The number of β-amino-alcohol motifs (C(OH)–C–C–N with tert-alkyl or cyclic N) is 1. The highest BCUT2D eigenvalue weighted by Crippen LogP contribution is 2.33. The fourth-order valence-corrected chi connectivity index (χ4v) is 2.24. The third kappa shape index (κ3) is 2.04. The second-order valence-electron chi connectivity index (χ2n) is 4.96. The van der Waals surface area contributed by atoms with Crippen LogP contribution in [0.15, 0.2) is 0 Å². The van der Waals surface area contributed by atoms with Gasteiger partial charge in [-0.05, 0) is 25.2 Å². The summed E-state index contributed by atoms with van der Waals surface area (Å²) in [5, 5.41) is 9.92. The normalized spacial score (nSPS) is 26.7. The van der Waals surface area contributed by atoms with Gasteiger partial charge in [-0.2, -0.15) is 0 Å². The van der Waals surface area contributed by atoms with E-state index < -0.39 is 5.60 Å². The lowest BCUT2D eigenvalue weighted by atomic mass is 9.79. The number of hydrogen-bond acceptors (Lipinski definition) is 3. The lowest BCUT2D eigenvalue weighted by Crippen LogP contribution is -2.53. The van der Waals surface area contributed by atoms with Crippen molar-refractivity contribution in [3.05, 3.63) is 0 Å². The Balaban J connectivity index is 2.01. The first-order chi connectivity index (χ1) is 7.00. The van der Waals surface area contributed by atoms with Crippen molar-refractivity contribution in [1.29, 1.82) is 0 Å². The van der Waals surface area contributed by atoms with Crippen LogP contribution in [0.4, 0.5) is 0 Å². The van der Waals surface area contributed by atoms with E-state index in [0.717, 1.165) is 6.42 Å². The number of likely N-dealkylation sites (tertiary alicyclic amines) is 1. The molecule has 0 atom stereocenters. The summed E-state index contributed by atoms with van der Waals surface area (Å²) >= 11 is 0. The zero-order valence-corrected chi connectivity index (χ0v) is 9.03. The predicted octanol–water partition coefficient (Wildman–Crippen LogP) is 0.686. The Morgan fingerprint density at radius 2 is 1.87 bits per heavy atom. The van der Waals surface area contributed by atoms with Gasteiger partial charge < -0.3 is 5.11 Å². The first kappa shape index (κ1) is 10.6. The van der Waals surface area contributed by atoms with Crippen LogP contribution in [0.1, 0.15) is 39.0 Å². The minimum absolute atomic E-state index is 0.126. The molecule has 1 aliphatic heterocycles. The highest BCUT2D eigenvalue weighted by atomic mass is 16.3. The molecule has 2 aliphatic rings. The molecule has 2 fully saturated rings. The van der Waals surface area contributed by atoms with Gasteiger partial charge in [0, 0.05) is 12.8 Å². The molecule has 4 nitrogen and oxygen atoms in total. The monoisotopic (exact) mass is 211 g/mol. The van der Waals surface area contributed by atoms with Crippen LogP contribution >= 0.6 is 0 Å². The van der Waals surface area contributed by atoms with Crippen molar-refractivity contribution in [1.82, 2.24) is 4.90 Å². The Kier molecular flexibility index (Phi) is 2.54. The molecule has 0 unspecified atom stereocenters. The molecule has 15 heavy (non-hydrogen) atoms. The zero-order chi connectivity index (χ0) is 11.1. The van der Waals surface area contributed by atoms with Crippen molar-refractivity contribution in [3.8, 4) is 0 Å². The fraction of sp³-hybridized carbons (Fsp3) is 0.818. The van der Waals surface area contributed by atoms with Crippen molar-refractivity contribution in [2.24, 2.45) is 5.92 Å². The van der Waals surface area contributed by atoms with Crippen LogP contribution in [-0.2, 0) is 9.59 Å². The highest BCUT2D eigenvalue weighted by molar-refractivity contribution is 5.97. The maximum Gasteiger partial charge on any atom is 0.229 e. The molecule has 1 heterocycles. The summed E-state index contributed by atoms with van der Waals surface area (Å²) in [6, 6.07) is 0. The maximum absolute atomic E-state index is 11.6. The summed E-state index contributed by atoms with van der Waals surface area (Å²) < 4.78 is 0. The molecule has 0 bridgehead atoms. The Hall–Kier alpha value is -0.900. The van der Waals surface area contributed by atoms with E-state index in [-0.39, 0.29) is 24.3 Å². The molecule has 1 aliphatic carbocycles. The van der Waals surface area contributed by atoms with E-state index in [1.54, 1.807) is 0 Å². The Morgan fingerprint density at radius 3 is 2.27 bits per heavy atom.